The minimum atomic E-state index is -4.45. The van der Waals surface area contributed by atoms with Gasteiger partial charge in [-0.1, -0.05) is 30.3 Å². The summed E-state index contributed by atoms with van der Waals surface area (Å²) in [5.41, 5.74) is 2.63. The largest absolute Gasteiger partial charge is 0.593 e. The van der Waals surface area contributed by atoms with Crippen molar-refractivity contribution in [2.45, 2.75) is 30.1 Å². The van der Waals surface area contributed by atoms with Crippen LogP contribution in [0.4, 0.5) is 13.2 Å². The van der Waals surface area contributed by atoms with Crippen LogP contribution in [-0.2, 0) is 24.1 Å². The molecule has 0 amide bonds. The lowest BCUT2D eigenvalue weighted by molar-refractivity contribution is -0.137. The lowest BCUT2D eigenvalue weighted by Crippen LogP contribution is -2.37. The number of nitrogens with one attached hydrogen (secondary N) is 1. The van der Waals surface area contributed by atoms with Gasteiger partial charge in [-0.2, -0.15) is 13.2 Å². The lowest BCUT2D eigenvalue weighted by Gasteiger charge is -2.18. The lowest BCUT2D eigenvalue weighted by atomic mass is 10.1. The maximum absolute atomic E-state index is 12.9. The van der Waals surface area contributed by atoms with Crippen LogP contribution in [0, 0.1) is 0 Å². The second-order valence-electron chi connectivity index (χ2n) is 7.57. The van der Waals surface area contributed by atoms with Gasteiger partial charge in [-0.3, -0.25) is 9.88 Å². The molecule has 4 rings (SSSR count). The third-order valence-corrected chi connectivity index (χ3v) is 6.52. The Morgan fingerprint density at radius 3 is 2.45 bits per heavy atom. The summed E-state index contributed by atoms with van der Waals surface area (Å²) >= 11 is -1.69. The van der Waals surface area contributed by atoms with Crippen LogP contribution in [-0.4, -0.2) is 33.6 Å². The van der Waals surface area contributed by atoms with E-state index in [4.69, 9.17) is 0 Å². The molecule has 1 aliphatic heterocycles. The number of likely N-dealkylation sites (tertiary alicyclic amines) is 1. The first-order valence-corrected chi connectivity index (χ1v) is 11.1. The molecule has 0 spiro atoms. The molecule has 162 valence electrons. The minimum absolute atomic E-state index is 0.0357. The molecule has 8 heteroatoms. The smallest absolute Gasteiger partial charge is 0.416 e. The highest BCUT2D eigenvalue weighted by atomic mass is 32.2. The number of hydrogen-bond acceptors (Lipinski definition) is 4. The van der Waals surface area contributed by atoms with Gasteiger partial charge < -0.3 is 4.55 Å². The summed E-state index contributed by atoms with van der Waals surface area (Å²) in [5, 5.41) is 0. The van der Waals surface area contributed by atoms with E-state index in [1.165, 1.54) is 17.7 Å². The van der Waals surface area contributed by atoms with Crippen molar-refractivity contribution in [2.75, 3.05) is 13.1 Å². The molecule has 3 aromatic rings. The van der Waals surface area contributed by atoms with Crippen molar-refractivity contribution in [3.8, 4) is 11.1 Å². The predicted octanol–water partition coefficient (Wildman–Crippen LogP) is 4.65. The van der Waals surface area contributed by atoms with E-state index in [0.29, 0.717) is 6.54 Å². The number of rotatable bonds is 6. The van der Waals surface area contributed by atoms with Gasteiger partial charge in [-0.15, -0.1) is 4.72 Å². The Morgan fingerprint density at radius 1 is 1.03 bits per heavy atom. The maximum atomic E-state index is 12.9. The topological polar surface area (TPSA) is 51.2 Å². The summed E-state index contributed by atoms with van der Waals surface area (Å²) < 4.78 is 54.2. The average molecular weight is 446 g/mol. The Kier molecular flexibility index (Phi) is 6.62. The van der Waals surface area contributed by atoms with Crippen molar-refractivity contribution in [2.24, 2.45) is 0 Å². The highest BCUT2D eigenvalue weighted by molar-refractivity contribution is 7.89. The van der Waals surface area contributed by atoms with Crippen LogP contribution < -0.4 is 4.72 Å². The monoisotopic (exact) mass is 445 g/mol. The summed E-state index contributed by atoms with van der Waals surface area (Å²) in [4.78, 5) is 6.43. The summed E-state index contributed by atoms with van der Waals surface area (Å²) in [6.07, 6.45) is -0.120. The van der Waals surface area contributed by atoms with E-state index in [0.717, 1.165) is 42.8 Å². The molecule has 1 aliphatic rings. The summed E-state index contributed by atoms with van der Waals surface area (Å²) in [6, 6.07) is 16.9. The van der Waals surface area contributed by atoms with Gasteiger partial charge >= 0.3 is 6.18 Å². The van der Waals surface area contributed by atoms with E-state index >= 15 is 0 Å². The Balaban J connectivity index is 1.31. The number of hydrogen-bond donors (Lipinski definition) is 1. The molecule has 0 bridgehead atoms. The van der Waals surface area contributed by atoms with Crippen molar-refractivity contribution in [1.82, 2.24) is 14.6 Å². The van der Waals surface area contributed by atoms with Crippen molar-refractivity contribution >= 4 is 11.4 Å². The van der Waals surface area contributed by atoms with Crippen molar-refractivity contribution < 1.29 is 17.7 Å². The molecule has 2 aromatic carbocycles. The predicted molar refractivity (Wildman–Crippen MR) is 114 cm³/mol. The van der Waals surface area contributed by atoms with Crippen LogP contribution in [0.2, 0.25) is 0 Å². The van der Waals surface area contributed by atoms with Gasteiger partial charge in [0.15, 0.2) is 4.90 Å². The minimum Gasteiger partial charge on any atom is -0.593 e. The molecule has 2 atom stereocenters. The zero-order valence-electron chi connectivity index (χ0n) is 16.7. The first-order valence-electron chi connectivity index (χ1n) is 9.95. The van der Waals surface area contributed by atoms with Gasteiger partial charge in [-0.25, -0.2) is 0 Å². The molecule has 2 heterocycles. The maximum Gasteiger partial charge on any atom is 0.416 e. The molecule has 0 aliphatic carbocycles. The third-order valence-electron chi connectivity index (χ3n) is 5.30. The molecule has 31 heavy (non-hydrogen) atoms. The molecular weight excluding hydrogens is 423 g/mol. The van der Waals surface area contributed by atoms with E-state index < -0.39 is 23.1 Å². The quantitative estimate of drug-likeness (QED) is 0.561. The highest BCUT2D eigenvalue weighted by Crippen LogP contribution is 2.30. The van der Waals surface area contributed by atoms with Crippen molar-refractivity contribution in [3.05, 3.63) is 84.2 Å². The van der Waals surface area contributed by atoms with Crippen molar-refractivity contribution in [3.63, 3.8) is 0 Å². The normalized spacial score (nSPS) is 18.3. The van der Waals surface area contributed by atoms with Gasteiger partial charge in [-0.05, 0) is 47.4 Å². The summed E-state index contributed by atoms with van der Waals surface area (Å²) in [5.74, 6) is 0. The third kappa shape index (κ3) is 5.65. The number of alkyl halides is 3. The Bertz CT molecular complexity index is 999. The fourth-order valence-corrected chi connectivity index (χ4v) is 4.75. The zero-order valence-corrected chi connectivity index (χ0v) is 17.5. The van der Waals surface area contributed by atoms with E-state index in [1.54, 1.807) is 12.4 Å². The average Bonchev–Trinajstić information content (AvgIpc) is 3.21. The van der Waals surface area contributed by atoms with Gasteiger partial charge in [0.05, 0.1) is 23.0 Å². The molecule has 1 N–H and O–H groups in total. The number of nitrogens with zero attached hydrogens (tertiary/aromatic N) is 2. The molecule has 1 aromatic heterocycles. The summed E-state index contributed by atoms with van der Waals surface area (Å²) in [6.45, 7) is 2.30. The fraction of sp³-hybridized carbons (Fsp3) is 0.261. The number of halogens is 3. The second kappa shape index (κ2) is 9.40. The van der Waals surface area contributed by atoms with Gasteiger partial charge in [0.1, 0.15) is 0 Å². The van der Waals surface area contributed by atoms with Crippen LogP contribution in [0.25, 0.3) is 11.1 Å². The molecule has 1 fully saturated rings. The zero-order chi connectivity index (χ0) is 21.8. The first kappa shape index (κ1) is 21.8. The van der Waals surface area contributed by atoms with Gasteiger partial charge in [0, 0.05) is 38.1 Å². The van der Waals surface area contributed by atoms with E-state index in [2.05, 4.69) is 38.9 Å². The van der Waals surface area contributed by atoms with E-state index in [9.17, 15) is 17.7 Å². The number of pyridine rings is 1. The highest BCUT2D eigenvalue weighted by Gasteiger charge is 2.33. The van der Waals surface area contributed by atoms with E-state index in [-0.39, 0.29) is 10.9 Å². The molecule has 0 radical (unpaired) electrons. The second-order valence-corrected chi connectivity index (χ2v) is 8.81. The first-order chi connectivity index (χ1) is 14.9. The van der Waals surface area contributed by atoms with Crippen LogP contribution in [0.15, 0.2) is 78.0 Å². The van der Waals surface area contributed by atoms with Crippen LogP contribution in [0.3, 0.4) is 0 Å². The molecule has 1 saturated heterocycles. The Morgan fingerprint density at radius 2 is 1.74 bits per heavy atom. The number of aromatic nitrogens is 1. The molecule has 0 unspecified atom stereocenters. The fourth-order valence-electron chi connectivity index (χ4n) is 3.68. The van der Waals surface area contributed by atoms with Crippen LogP contribution in [0.5, 0.6) is 0 Å². The van der Waals surface area contributed by atoms with Gasteiger partial charge in [0.25, 0.3) is 0 Å². The van der Waals surface area contributed by atoms with Crippen molar-refractivity contribution in [1.29, 1.82) is 0 Å². The number of benzene rings is 2. The van der Waals surface area contributed by atoms with Crippen LogP contribution in [0.1, 0.15) is 17.5 Å². The van der Waals surface area contributed by atoms with E-state index in [1.807, 2.05) is 12.1 Å². The standard InChI is InChI=1S/C23H22F3N3OS/c24-23(25,26)20-2-1-3-22(14-20)31(30)28-21-10-13-29(16-21)15-17-4-6-18(7-5-17)19-8-11-27-12-9-19/h1-9,11-12,14,21,28H,10,13,15-16H2/t21-,31+/m1/s1. The van der Waals surface area contributed by atoms with Gasteiger partial charge in [0.2, 0.25) is 0 Å². The Hall–Kier alpha value is -2.39. The molecule has 4 nitrogen and oxygen atoms in total. The molecular formula is C23H22F3N3OS. The van der Waals surface area contributed by atoms with Crippen LogP contribution >= 0.6 is 0 Å². The Labute approximate surface area is 182 Å². The SMILES string of the molecule is [O-][S@+](N[C@@H]1CCN(Cc2ccc(-c3ccncc3)cc2)C1)c1cccc(C(F)(F)F)c1. The summed E-state index contributed by atoms with van der Waals surface area (Å²) in [7, 11) is 0. The molecule has 0 saturated carbocycles.